The topological polar surface area (TPSA) is 67.4 Å². The fourth-order valence-corrected chi connectivity index (χ4v) is 3.49. The SMILES string of the molecule is CC(C)(C)c1ccc(C(=O)Nc2ccc(-c3ccc(N4CCOCC4)nn3)cc2)cc1. The lowest BCUT2D eigenvalue weighted by molar-refractivity contribution is 0.102. The molecule has 0 bridgehead atoms. The normalized spacial score (nSPS) is 14.4. The monoisotopic (exact) mass is 416 g/mol. The molecule has 6 nitrogen and oxygen atoms in total. The van der Waals surface area contributed by atoms with Gasteiger partial charge in [0.2, 0.25) is 0 Å². The lowest BCUT2D eigenvalue weighted by Crippen LogP contribution is -2.36. The predicted molar refractivity (Wildman–Crippen MR) is 124 cm³/mol. The summed E-state index contributed by atoms with van der Waals surface area (Å²) in [5.74, 6) is 0.747. The van der Waals surface area contributed by atoms with Crippen LogP contribution < -0.4 is 10.2 Å². The third-order valence-corrected chi connectivity index (χ3v) is 5.44. The zero-order valence-electron chi connectivity index (χ0n) is 18.3. The van der Waals surface area contributed by atoms with Crippen molar-refractivity contribution in [3.8, 4) is 11.3 Å². The molecule has 0 spiro atoms. The first-order valence-corrected chi connectivity index (χ1v) is 10.6. The van der Waals surface area contributed by atoms with Gasteiger partial charge in [0.05, 0.1) is 18.9 Å². The van der Waals surface area contributed by atoms with Crippen molar-refractivity contribution in [1.82, 2.24) is 10.2 Å². The molecule has 1 aliphatic rings. The second-order valence-electron chi connectivity index (χ2n) is 8.74. The molecule has 1 N–H and O–H groups in total. The molecule has 2 aromatic carbocycles. The number of anilines is 2. The number of hydrogen-bond donors (Lipinski definition) is 1. The molecule has 1 saturated heterocycles. The highest BCUT2D eigenvalue weighted by molar-refractivity contribution is 6.04. The number of carbonyl (C=O) groups excluding carboxylic acids is 1. The highest BCUT2D eigenvalue weighted by atomic mass is 16.5. The van der Waals surface area contributed by atoms with Gasteiger partial charge in [0.15, 0.2) is 5.82 Å². The molecule has 0 saturated carbocycles. The average molecular weight is 417 g/mol. The van der Waals surface area contributed by atoms with E-state index in [4.69, 9.17) is 4.74 Å². The van der Waals surface area contributed by atoms with Gasteiger partial charge >= 0.3 is 0 Å². The van der Waals surface area contributed by atoms with E-state index in [2.05, 4.69) is 41.2 Å². The molecule has 1 aromatic heterocycles. The van der Waals surface area contributed by atoms with E-state index in [9.17, 15) is 4.79 Å². The first kappa shape index (κ1) is 21.0. The summed E-state index contributed by atoms with van der Waals surface area (Å²) in [7, 11) is 0. The Labute approximate surface area is 183 Å². The summed E-state index contributed by atoms with van der Waals surface area (Å²) in [5.41, 5.74) is 4.40. The molecule has 4 rings (SSSR count). The Balaban J connectivity index is 1.40. The third kappa shape index (κ3) is 5.09. The molecule has 31 heavy (non-hydrogen) atoms. The van der Waals surface area contributed by atoms with Crippen molar-refractivity contribution in [3.63, 3.8) is 0 Å². The van der Waals surface area contributed by atoms with Crippen LogP contribution in [0.25, 0.3) is 11.3 Å². The van der Waals surface area contributed by atoms with Crippen LogP contribution in [-0.2, 0) is 10.2 Å². The first-order chi connectivity index (χ1) is 14.9. The minimum Gasteiger partial charge on any atom is -0.378 e. The first-order valence-electron chi connectivity index (χ1n) is 10.6. The average Bonchev–Trinajstić information content (AvgIpc) is 2.80. The van der Waals surface area contributed by atoms with Gasteiger partial charge in [0.25, 0.3) is 5.91 Å². The molecule has 0 radical (unpaired) electrons. The Kier molecular flexibility index (Phi) is 6.00. The minimum atomic E-state index is -0.122. The molecule has 1 amide bonds. The Morgan fingerprint density at radius 2 is 1.58 bits per heavy atom. The van der Waals surface area contributed by atoms with Gasteiger partial charge in [-0.3, -0.25) is 4.79 Å². The predicted octanol–water partition coefficient (Wildman–Crippen LogP) is 4.53. The van der Waals surface area contributed by atoms with E-state index in [-0.39, 0.29) is 11.3 Å². The summed E-state index contributed by atoms with van der Waals surface area (Å²) in [6, 6.07) is 19.4. The maximum Gasteiger partial charge on any atom is 0.255 e. The number of carbonyl (C=O) groups is 1. The van der Waals surface area contributed by atoms with E-state index in [1.165, 1.54) is 5.56 Å². The number of hydrogen-bond acceptors (Lipinski definition) is 5. The maximum absolute atomic E-state index is 12.6. The lowest BCUT2D eigenvalue weighted by Gasteiger charge is -2.27. The summed E-state index contributed by atoms with van der Waals surface area (Å²) in [6.45, 7) is 9.58. The second-order valence-corrected chi connectivity index (χ2v) is 8.74. The Hall–Kier alpha value is -3.25. The summed E-state index contributed by atoms with van der Waals surface area (Å²) >= 11 is 0. The quantitative estimate of drug-likeness (QED) is 0.677. The zero-order chi connectivity index (χ0) is 21.8. The van der Waals surface area contributed by atoms with Crippen LogP contribution >= 0.6 is 0 Å². The molecule has 3 aromatic rings. The van der Waals surface area contributed by atoms with E-state index < -0.39 is 0 Å². The number of nitrogens with one attached hydrogen (secondary N) is 1. The van der Waals surface area contributed by atoms with Crippen molar-refractivity contribution in [1.29, 1.82) is 0 Å². The Morgan fingerprint density at radius 1 is 0.903 bits per heavy atom. The van der Waals surface area contributed by atoms with Gasteiger partial charge in [0.1, 0.15) is 0 Å². The molecular weight excluding hydrogens is 388 g/mol. The van der Waals surface area contributed by atoms with Crippen LogP contribution in [0.1, 0.15) is 36.7 Å². The largest absolute Gasteiger partial charge is 0.378 e. The maximum atomic E-state index is 12.6. The lowest BCUT2D eigenvalue weighted by atomic mass is 9.87. The van der Waals surface area contributed by atoms with E-state index in [0.717, 1.165) is 49.1 Å². The van der Waals surface area contributed by atoms with Crippen molar-refractivity contribution in [2.75, 3.05) is 36.5 Å². The molecule has 1 fully saturated rings. The van der Waals surface area contributed by atoms with E-state index >= 15 is 0 Å². The smallest absolute Gasteiger partial charge is 0.255 e. The number of benzene rings is 2. The molecule has 0 atom stereocenters. The van der Waals surface area contributed by atoms with E-state index in [1.54, 1.807) is 0 Å². The number of nitrogens with zero attached hydrogens (tertiary/aromatic N) is 3. The molecule has 1 aliphatic heterocycles. The Bertz CT molecular complexity index is 1020. The van der Waals surface area contributed by atoms with Crippen LogP contribution in [0, 0.1) is 0 Å². The third-order valence-electron chi connectivity index (χ3n) is 5.44. The number of amides is 1. The fourth-order valence-electron chi connectivity index (χ4n) is 3.49. The second kappa shape index (κ2) is 8.86. The van der Waals surface area contributed by atoms with Crippen LogP contribution in [-0.4, -0.2) is 42.4 Å². The number of morpholine rings is 1. The van der Waals surface area contributed by atoms with Gasteiger partial charge in [-0.25, -0.2) is 0 Å². The van der Waals surface area contributed by atoms with E-state index in [1.807, 2.05) is 60.7 Å². The van der Waals surface area contributed by atoms with Gasteiger partial charge in [-0.15, -0.1) is 10.2 Å². The molecule has 0 aliphatic carbocycles. The highest BCUT2D eigenvalue weighted by Gasteiger charge is 2.15. The van der Waals surface area contributed by atoms with Crippen molar-refractivity contribution in [2.45, 2.75) is 26.2 Å². The van der Waals surface area contributed by atoms with Crippen LogP contribution in [0.5, 0.6) is 0 Å². The number of rotatable bonds is 4. The van der Waals surface area contributed by atoms with Gasteiger partial charge in [0, 0.05) is 29.9 Å². The standard InChI is InChI=1S/C25H28N4O2/c1-25(2,3)20-8-4-19(5-9-20)24(30)26-21-10-6-18(7-11-21)22-12-13-23(28-27-22)29-14-16-31-17-15-29/h4-13H,14-17H2,1-3H3,(H,26,30). The number of aromatic nitrogens is 2. The van der Waals surface area contributed by atoms with Crippen LogP contribution in [0.2, 0.25) is 0 Å². The zero-order valence-corrected chi connectivity index (χ0v) is 18.3. The summed E-state index contributed by atoms with van der Waals surface area (Å²) in [5, 5.41) is 11.7. The summed E-state index contributed by atoms with van der Waals surface area (Å²) < 4.78 is 5.38. The number of ether oxygens (including phenoxy) is 1. The molecule has 160 valence electrons. The molecule has 2 heterocycles. The molecule has 0 unspecified atom stereocenters. The summed E-state index contributed by atoms with van der Waals surface area (Å²) in [4.78, 5) is 14.7. The minimum absolute atomic E-state index is 0.0636. The molecular formula is C25H28N4O2. The molecule has 6 heteroatoms. The van der Waals surface area contributed by atoms with Crippen molar-refractivity contribution >= 4 is 17.4 Å². The van der Waals surface area contributed by atoms with Crippen molar-refractivity contribution in [3.05, 3.63) is 71.8 Å². The van der Waals surface area contributed by atoms with Gasteiger partial charge in [-0.2, -0.15) is 0 Å². The van der Waals surface area contributed by atoms with E-state index in [0.29, 0.717) is 5.56 Å². The van der Waals surface area contributed by atoms with Gasteiger partial charge < -0.3 is 15.0 Å². The van der Waals surface area contributed by atoms with Crippen LogP contribution in [0.3, 0.4) is 0 Å². The van der Waals surface area contributed by atoms with Crippen molar-refractivity contribution in [2.24, 2.45) is 0 Å². The van der Waals surface area contributed by atoms with Gasteiger partial charge in [-0.05, 0) is 47.4 Å². The highest BCUT2D eigenvalue weighted by Crippen LogP contribution is 2.24. The summed E-state index contributed by atoms with van der Waals surface area (Å²) in [6.07, 6.45) is 0. The van der Waals surface area contributed by atoms with Crippen LogP contribution in [0.4, 0.5) is 11.5 Å². The van der Waals surface area contributed by atoms with Crippen molar-refractivity contribution < 1.29 is 9.53 Å². The van der Waals surface area contributed by atoms with Gasteiger partial charge in [-0.1, -0.05) is 45.0 Å². The fraction of sp³-hybridized carbons (Fsp3) is 0.320. The Morgan fingerprint density at radius 3 is 2.16 bits per heavy atom. The van der Waals surface area contributed by atoms with Crippen LogP contribution in [0.15, 0.2) is 60.7 Å².